The normalized spacial score (nSPS) is 31.9. The minimum absolute atomic E-state index is 0.0491. The summed E-state index contributed by atoms with van der Waals surface area (Å²) in [6, 6.07) is 6.99. The Morgan fingerprint density at radius 2 is 1.71 bits per heavy atom. The average Bonchev–Trinajstić information content (AvgIpc) is 3.44. The first kappa shape index (κ1) is 27.7. The third-order valence-corrected chi connectivity index (χ3v) is 11.7. The third-order valence-electron chi connectivity index (χ3n) is 9.55. The average molecular weight is 585 g/mol. The minimum Gasteiger partial charge on any atom is -0.367 e. The highest BCUT2D eigenvalue weighted by molar-refractivity contribution is 7.86. The highest BCUT2D eigenvalue weighted by atomic mass is 32.2. The van der Waals surface area contributed by atoms with E-state index >= 15 is 0 Å². The number of nitrogens with zero attached hydrogens (tertiary/aromatic N) is 6. The summed E-state index contributed by atoms with van der Waals surface area (Å²) in [4.78, 5) is 15.0. The van der Waals surface area contributed by atoms with Crippen LogP contribution >= 0.6 is 0 Å². The van der Waals surface area contributed by atoms with Crippen molar-refractivity contribution in [2.45, 2.75) is 82.3 Å². The summed E-state index contributed by atoms with van der Waals surface area (Å²) in [5.41, 5.74) is 8.59. The van der Waals surface area contributed by atoms with Gasteiger partial charge in [-0.2, -0.15) is 17.0 Å². The molecule has 12 nitrogen and oxygen atoms in total. The van der Waals surface area contributed by atoms with Gasteiger partial charge >= 0.3 is 0 Å². The van der Waals surface area contributed by atoms with Crippen LogP contribution in [0.15, 0.2) is 18.2 Å². The Morgan fingerprint density at radius 1 is 0.951 bits per heavy atom. The molecule has 0 radical (unpaired) electrons. The molecular weight excluding hydrogens is 540 g/mol. The SMILES string of the molecule is CC1CC(Nc2cc3nc(CN4CCN(C)CC4)ccc3c(NC3C[C@H]4CC[C@@H](C3)N4S(=O)(=O)N3CCC3)n2)NN1. The van der Waals surface area contributed by atoms with Crippen molar-refractivity contribution >= 4 is 32.7 Å². The van der Waals surface area contributed by atoms with Gasteiger partial charge in [0.25, 0.3) is 10.2 Å². The quantitative estimate of drug-likeness (QED) is 0.362. The maximum Gasteiger partial charge on any atom is 0.282 e. The van der Waals surface area contributed by atoms with E-state index in [2.05, 4.69) is 63.5 Å². The number of piperazine rings is 1. The number of fused-ring (bicyclic) bond motifs is 3. The number of hydrogen-bond donors (Lipinski definition) is 4. The van der Waals surface area contributed by atoms with Crippen LogP contribution in [0.4, 0.5) is 11.6 Å². The Kier molecular flexibility index (Phi) is 7.55. The largest absolute Gasteiger partial charge is 0.367 e. The van der Waals surface area contributed by atoms with E-state index in [1.807, 2.05) is 4.31 Å². The summed E-state index contributed by atoms with van der Waals surface area (Å²) in [5.74, 6) is 1.62. The number of piperidine rings is 1. The molecule has 2 aromatic heterocycles. The summed E-state index contributed by atoms with van der Waals surface area (Å²) >= 11 is 0. The fourth-order valence-electron chi connectivity index (χ4n) is 7.14. The zero-order valence-electron chi connectivity index (χ0n) is 24.2. The number of rotatable bonds is 8. The second-order valence-corrected chi connectivity index (χ2v) is 14.5. The van der Waals surface area contributed by atoms with Crippen molar-refractivity contribution in [2.24, 2.45) is 0 Å². The van der Waals surface area contributed by atoms with Crippen molar-refractivity contribution in [1.29, 1.82) is 0 Å². The monoisotopic (exact) mass is 584 g/mol. The Balaban J connectivity index is 1.13. The summed E-state index contributed by atoms with van der Waals surface area (Å²) in [6.07, 6.45) is 5.46. The van der Waals surface area contributed by atoms with Crippen molar-refractivity contribution in [2.75, 3.05) is 56.9 Å². The maximum atomic E-state index is 13.3. The Labute approximate surface area is 243 Å². The van der Waals surface area contributed by atoms with Gasteiger partial charge in [0, 0.05) is 81.4 Å². The van der Waals surface area contributed by atoms with Gasteiger partial charge in [0.15, 0.2) is 0 Å². The van der Waals surface area contributed by atoms with E-state index in [1.54, 1.807) is 4.31 Å². The number of anilines is 2. The van der Waals surface area contributed by atoms with Gasteiger partial charge in [0.05, 0.1) is 17.4 Å². The molecule has 0 aliphatic carbocycles. The van der Waals surface area contributed by atoms with Gasteiger partial charge < -0.3 is 15.5 Å². The second kappa shape index (κ2) is 11.2. The Bertz CT molecular complexity index is 1350. The molecule has 5 aliphatic heterocycles. The zero-order chi connectivity index (χ0) is 28.1. The zero-order valence-corrected chi connectivity index (χ0v) is 25.0. The number of nitrogens with one attached hydrogen (secondary N) is 4. The molecule has 224 valence electrons. The van der Waals surface area contributed by atoms with Gasteiger partial charge in [-0.1, -0.05) is 0 Å². The minimum atomic E-state index is -3.35. The highest BCUT2D eigenvalue weighted by Crippen LogP contribution is 2.41. The molecule has 4 N–H and O–H groups in total. The molecule has 0 amide bonds. The fourth-order valence-corrected chi connectivity index (χ4v) is 9.26. The molecule has 0 saturated carbocycles. The Hall–Kier alpha value is -2.13. The maximum absolute atomic E-state index is 13.3. The summed E-state index contributed by atoms with van der Waals surface area (Å²) in [5, 5.41) is 8.32. The van der Waals surface area contributed by atoms with E-state index in [1.165, 1.54) is 0 Å². The van der Waals surface area contributed by atoms with Crippen molar-refractivity contribution < 1.29 is 8.42 Å². The first-order valence-corrected chi connectivity index (χ1v) is 16.8. The van der Waals surface area contributed by atoms with Crippen molar-refractivity contribution in [1.82, 2.24) is 39.2 Å². The van der Waals surface area contributed by atoms with Crippen LogP contribution in [0.2, 0.25) is 0 Å². The van der Waals surface area contributed by atoms with Crippen LogP contribution in [0.1, 0.15) is 51.1 Å². The molecule has 7 rings (SSSR count). The van der Waals surface area contributed by atoms with Gasteiger partial charge in [-0.25, -0.2) is 10.4 Å². The Morgan fingerprint density at radius 3 is 2.37 bits per heavy atom. The first-order chi connectivity index (χ1) is 19.8. The van der Waals surface area contributed by atoms with E-state index in [0.29, 0.717) is 19.1 Å². The standard InChI is InChI=1S/C28H44N10O2S/c1-19-14-27(34-33-19)31-26-17-25-24(7-4-20(29-25)18-36-12-10-35(2)11-13-36)28(32-26)30-21-15-22-5-6-23(16-21)38(22)41(39,40)37-8-3-9-37/h4,7,17,19,21-23,27,33-34H,3,5-6,8-16,18H2,1-2H3,(H2,30,31,32)/t19?,21?,22-,23+,27?. The first-order valence-electron chi connectivity index (χ1n) is 15.4. The molecule has 41 heavy (non-hydrogen) atoms. The second-order valence-electron chi connectivity index (χ2n) is 12.7. The van der Waals surface area contributed by atoms with Crippen LogP contribution < -0.4 is 21.5 Å². The molecule has 5 aliphatic rings. The van der Waals surface area contributed by atoms with E-state index in [-0.39, 0.29) is 24.3 Å². The van der Waals surface area contributed by atoms with Crippen LogP contribution in [-0.2, 0) is 16.8 Å². The molecule has 5 saturated heterocycles. The lowest BCUT2D eigenvalue weighted by Crippen LogP contribution is -2.57. The highest BCUT2D eigenvalue weighted by Gasteiger charge is 2.49. The lowest BCUT2D eigenvalue weighted by molar-refractivity contribution is 0.147. The van der Waals surface area contributed by atoms with Gasteiger partial charge in [0.1, 0.15) is 11.6 Å². The summed E-state index contributed by atoms with van der Waals surface area (Å²) in [6.45, 7) is 8.59. The molecule has 5 atom stereocenters. The summed E-state index contributed by atoms with van der Waals surface area (Å²) in [7, 11) is -1.18. The van der Waals surface area contributed by atoms with Crippen LogP contribution in [0, 0.1) is 0 Å². The lowest BCUT2D eigenvalue weighted by atomic mass is 9.99. The van der Waals surface area contributed by atoms with Crippen molar-refractivity contribution in [3.63, 3.8) is 0 Å². The van der Waals surface area contributed by atoms with Gasteiger partial charge in [-0.3, -0.25) is 15.3 Å². The van der Waals surface area contributed by atoms with E-state index in [9.17, 15) is 8.42 Å². The number of hydrogen-bond acceptors (Lipinski definition) is 10. The predicted octanol–water partition coefficient (Wildman–Crippen LogP) is 1.36. The van der Waals surface area contributed by atoms with E-state index in [0.717, 1.165) is 99.5 Å². The third kappa shape index (κ3) is 5.65. The molecule has 3 unspecified atom stereocenters. The van der Waals surface area contributed by atoms with E-state index in [4.69, 9.17) is 9.97 Å². The molecule has 0 aromatic carbocycles. The van der Waals surface area contributed by atoms with Gasteiger partial charge in [0.2, 0.25) is 0 Å². The van der Waals surface area contributed by atoms with Gasteiger partial charge in [-0.05, 0) is 64.6 Å². The lowest BCUT2D eigenvalue weighted by Gasteiger charge is -2.42. The van der Waals surface area contributed by atoms with E-state index < -0.39 is 10.2 Å². The van der Waals surface area contributed by atoms with Crippen LogP contribution in [0.25, 0.3) is 10.9 Å². The summed E-state index contributed by atoms with van der Waals surface area (Å²) < 4.78 is 30.0. The fraction of sp³-hybridized carbons (Fsp3) is 0.714. The molecule has 7 heterocycles. The van der Waals surface area contributed by atoms with Gasteiger partial charge in [-0.15, -0.1) is 0 Å². The van der Waals surface area contributed by atoms with Crippen LogP contribution in [-0.4, -0.2) is 113 Å². The number of likely N-dealkylation sites (N-methyl/N-ethyl adjacent to an activating group) is 1. The molecule has 5 fully saturated rings. The number of hydrazine groups is 1. The van der Waals surface area contributed by atoms with Crippen molar-refractivity contribution in [3.05, 3.63) is 23.9 Å². The van der Waals surface area contributed by atoms with Crippen LogP contribution in [0.3, 0.4) is 0 Å². The number of pyridine rings is 2. The molecule has 2 bridgehead atoms. The van der Waals surface area contributed by atoms with Crippen molar-refractivity contribution in [3.8, 4) is 0 Å². The molecule has 0 spiro atoms. The predicted molar refractivity (Wildman–Crippen MR) is 160 cm³/mol. The smallest absolute Gasteiger partial charge is 0.282 e. The molecular formula is C28H44N10O2S. The topological polar surface area (TPSA) is 121 Å². The molecule has 2 aromatic rings. The molecule has 13 heteroatoms. The van der Waals surface area contributed by atoms with Crippen LogP contribution in [0.5, 0.6) is 0 Å². The number of aromatic nitrogens is 2.